The van der Waals surface area contributed by atoms with Gasteiger partial charge in [-0.1, -0.05) is 213 Å². The van der Waals surface area contributed by atoms with E-state index in [9.17, 15) is 23.6 Å². The lowest BCUT2D eigenvalue weighted by atomic mass is 9.80. The van der Waals surface area contributed by atoms with Gasteiger partial charge in [-0.05, 0) is 62.3 Å². The second kappa shape index (κ2) is 21.6. The van der Waals surface area contributed by atoms with Gasteiger partial charge in [0.05, 0.1) is 17.6 Å². The summed E-state index contributed by atoms with van der Waals surface area (Å²) in [6.07, 6.45) is -0.481. The van der Waals surface area contributed by atoms with Crippen LogP contribution in [0.15, 0.2) is 210 Å². The Morgan fingerprint density at radius 2 is 1.17 bits per heavy atom. The van der Waals surface area contributed by atoms with Crippen LogP contribution in [0.3, 0.4) is 0 Å². The molecule has 8 rings (SSSR count). The van der Waals surface area contributed by atoms with E-state index in [4.69, 9.17) is 9.16 Å². The van der Waals surface area contributed by atoms with Gasteiger partial charge in [0, 0.05) is 48.2 Å². The van der Waals surface area contributed by atoms with Crippen LogP contribution in [0.25, 0.3) is 0 Å². The van der Waals surface area contributed by atoms with Crippen molar-refractivity contribution in [2.75, 3.05) is 26.3 Å². The van der Waals surface area contributed by atoms with Crippen molar-refractivity contribution in [3.8, 4) is 0 Å². The molecule has 0 bridgehead atoms. The SMILES string of the molecule is CC(C)(C)[Si](OC[C@@H](c1ccc(Br)cc1)[C@@H](O)CN1C(CNS(=O)(=O)c2ccccc2[N+](=O)[O-])CC1COC(c1ccccc1)(c1ccccc1)c1ccccc1)(c1ccccc1)c1ccccc1. The van der Waals surface area contributed by atoms with Gasteiger partial charge < -0.3 is 14.3 Å². The molecule has 7 aromatic carbocycles. The zero-order valence-corrected chi connectivity index (χ0v) is 42.4. The predicted octanol–water partition coefficient (Wildman–Crippen LogP) is 9.81. The van der Waals surface area contributed by atoms with Gasteiger partial charge in [0.15, 0.2) is 4.90 Å². The van der Waals surface area contributed by atoms with Crippen molar-refractivity contribution in [3.05, 3.63) is 237 Å². The first-order valence-corrected chi connectivity index (χ1v) is 27.4. The normalized spacial score (nSPS) is 16.6. The average Bonchev–Trinajstić information content (AvgIpc) is 3.36. The van der Waals surface area contributed by atoms with Crippen LogP contribution in [0.2, 0.25) is 5.04 Å². The molecule has 0 aromatic heterocycles. The van der Waals surface area contributed by atoms with Crippen molar-refractivity contribution in [2.24, 2.45) is 0 Å². The molecule has 0 amide bonds. The molecule has 356 valence electrons. The number of β-amino-alcohol motifs (C(OH)–C–C–N with tert-alkyl or cyclic N) is 1. The summed E-state index contributed by atoms with van der Waals surface area (Å²) in [7, 11) is -7.36. The van der Waals surface area contributed by atoms with E-state index in [1.165, 1.54) is 24.3 Å². The topological polar surface area (TPSA) is 131 Å². The third-order valence-electron chi connectivity index (χ3n) is 13.4. The fourth-order valence-corrected chi connectivity index (χ4v) is 16.1. The molecule has 4 atom stereocenters. The lowest BCUT2D eigenvalue weighted by Gasteiger charge is -2.51. The summed E-state index contributed by atoms with van der Waals surface area (Å²) in [5.41, 5.74) is 2.20. The molecule has 2 N–H and O–H groups in total. The zero-order chi connectivity index (χ0) is 48.7. The number of nitro groups is 1. The van der Waals surface area contributed by atoms with E-state index < -0.39 is 57.5 Å². The van der Waals surface area contributed by atoms with Gasteiger partial charge in [-0.25, -0.2) is 13.1 Å². The van der Waals surface area contributed by atoms with E-state index in [-0.39, 0.29) is 37.4 Å². The predicted molar refractivity (Wildman–Crippen MR) is 279 cm³/mol. The number of ether oxygens (including phenoxy) is 1. The molecule has 0 saturated carbocycles. The van der Waals surface area contributed by atoms with E-state index in [0.717, 1.165) is 37.1 Å². The number of rotatable bonds is 20. The molecule has 0 radical (unpaired) electrons. The van der Waals surface area contributed by atoms with Gasteiger partial charge in [-0.3, -0.25) is 15.0 Å². The molecule has 10 nitrogen and oxygen atoms in total. The fraction of sp³-hybridized carbons (Fsp3) is 0.250. The highest BCUT2D eigenvalue weighted by Crippen LogP contribution is 2.43. The molecular formula is C56H58BrN3O7SSi. The van der Waals surface area contributed by atoms with Gasteiger partial charge >= 0.3 is 0 Å². The summed E-state index contributed by atoms with van der Waals surface area (Å²) >= 11 is 3.61. The summed E-state index contributed by atoms with van der Waals surface area (Å²) in [6.45, 7) is 7.19. The Morgan fingerprint density at radius 3 is 1.65 bits per heavy atom. The molecule has 1 heterocycles. The second-order valence-electron chi connectivity index (χ2n) is 18.6. The molecule has 7 aromatic rings. The van der Waals surface area contributed by atoms with Crippen molar-refractivity contribution in [1.29, 1.82) is 0 Å². The minimum absolute atomic E-state index is 0.0552. The third kappa shape index (κ3) is 10.6. The molecule has 1 fully saturated rings. The smallest absolute Gasteiger partial charge is 0.289 e. The number of hydrogen-bond donors (Lipinski definition) is 2. The molecule has 2 unspecified atom stereocenters. The first kappa shape index (κ1) is 49.8. The number of benzene rings is 7. The van der Waals surface area contributed by atoms with Crippen LogP contribution >= 0.6 is 15.9 Å². The number of sulfonamides is 1. The molecule has 13 heteroatoms. The Kier molecular flexibility index (Phi) is 15.6. The average molecular weight is 1030 g/mol. The number of nitro benzene ring substituents is 1. The Balaban J connectivity index is 1.16. The number of nitrogens with zero attached hydrogens (tertiary/aromatic N) is 2. The fourth-order valence-electron chi connectivity index (χ4n) is 9.98. The summed E-state index contributed by atoms with van der Waals surface area (Å²) in [6, 6.07) is 63.8. The van der Waals surface area contributed by atoms with Gasteiger partial charge in [0.25, 0.3) is 14.0 Å². The first-order chi connectivity index (χ1) is 33.2. The summed E-state index contributed by atoms with van der Waals surface area (Å²) in [5.74, 6) is -0.511. The number of para-hydroxylation sites is 1. The van der Waals surface area contributed by atoms with Crippen molar-refractivity contribution in [2.45, 2.75) is 66.8 Å². The van der Waals surface area contributed by atoms with Crippen molar-refractivity contribution < 1.29 is 27.6 Å². The molecule has 0 spiro atoms. The molecule has 0 aliphatic carbocycles. The maximum Gasteiger partial charge on any atom is 0.289 e. The van der Waals surface area contributed by atoms with E-state index in [1.54, 1.807) is 0 Å². The highest BCUT2D eigenvalue weighted by atomic mass is 79.9. The second-order valence-corrected chi connectivity index (χ2v) is 25.6. The third-order valence-corrected chi connectivity index (χ3v) is 20.4. The minimum atomic E-state index is -4.31. The largest absolute Gasteiger partial charge is 0.407 e. The number of aliphatic hydroxyl groups is 1. The van der Waals surface area contributed by atoms with Crippen LogP contribution in [-0.4, -0.2) is 76.2 Å². The van der Waals surface area contributed by atoms with E-state index >= 15 is 0 Å². The van der Waals surface area contributed by atoms with Crippen LogP contribution in [0.1, 0.15) is 55.4 Å². The zero-order valence-electron chi connectivity index (χ0n) is 39.0. The molecule has 69 heavy (non-hydrogen) atoms. The van der Waals surface area contributed by atoms with Crippen LogP contribution < -0.4 is 15.1 Å². The number of nitrogens with one attached hydrogen (secondary N) is 1. The molecule has 1 saturated heterocycles. The quantitative estimate of drug-likeness (QED) is 0.0334. The van der Waals surface area contributed by atoms with E-state index in [2.05, 4.69) is 131 Å². The number of halogens is 1. The highest BCUT2D eigenvalue weighted by molar-refractivity contribution is 9.10. The lowest BCUT2D eigenvalue weighted by molar-refractivity contribution is -0.387. The Morgan fingerprint density at radius 1 is 0.710 bits per heavy atom. The number of likely N-dealkylation sites (tertiary alicyclic amines) is 1. The Hall–Kier alpha value is -5.61. The summed E-state index contributed by atoms with van der Waals surface area (Å²) in [4.78, 5) is 13.0. The van der Waals surface area contributed by atoms with Crippen molar-refractivity contribution in [1.82, 2.24) is 9.62 Å². The van der Waals surface area contributed by atoms with Crippen molar-refractivity contribution >= 4 is 50.3 Å². The first-order valence-electron chi connectivity index (χ1n) is 23.2. The highest BCUT2D eigenvalue weighted by Gasteiger charge is 2.51. The Bertz CT molecular complexity index is 2740. The van der Waals surface area contributed by atoms with Crippen molar-refractivity contribution in [3.63, 3.8) is 0 Å². The van der Waals surface area contributed by atoms with Crippen LogP contribution in [-0.2, 0) is 24.8 Å². The molecule has 1 aliphatic rings. The minimum Gasteiger partial charge on any atom is -0.407 e. The molecule has 1 aliphatic heterocycles. The van der Waals surface area contributed by atoms with Gasteiger partial charge in [-0.15, -0.1) is 0 Å². The van der Waals surface area contributed by atoms with Gasteiger partial charge in [-0.2, -0.15) is 0 Å². The van der Waals surface area contributed by atoms with E-state index in [1.807, 2.05) is 91.0 Å². The lowest BCUT2D eigenvalue weighted by Crippen LogP contribution is -2.67. The summed E-state index contributed by atoms with van der Waals surface area (Å²) in [5, 5.41) is 26.7. The maximum atomic E-state index is 13.8. The number of hydrogen-bond acceptors (Lipinski definition) is 8. The van der Waals surface area contributed by atoms with Crippen LogP contribution in [0.4, 0.5) is 5.69 Å². The Labute approximate surface area is 415 Å². The van der Waals surface area contributed by atoms with Gasteiger partial charge in [0.1, 0.15) is 5.60 Å². The van der Waals surface area contributed by atoms with Crippen LogP contribution in [0.5, 0.6) is 0 Å². The number of aliphatic hydroxyl groups excluding tert-OH is 1. The standard InChI is InChI=1S/C56H58BrN3O7SSi/c1-55(2,3)69(49-27-15-7-16-28-49,50-29-17-8-18-30-50)67-41-51(42-33-35-46(57)36-34-42)53(61)39-59-47(38-58-68(64,65)54-32-20-19-31-52(54)60(62)63)37-48(59)40-66-56(43-21-9-4-10-22-43,44-23-11-5-12-24-44)45-25-13-6-14-26-45/h4-36,47-48,51,53,58,61H,37-41H2,1-3H3/t47?,48?,51-,53-/m0/s1. The van der Waals surface area contributed by atoms with Crippen LogP contribution in [0, 0.1) is 10.1 Å². The molecular weight excluding hydrogens is 967 g/mol. The summed E-state index contributed by atoms with van der Waals surface area (Å²) < 4.78 is 46.1. The van der Waals surface area contributed by atoms with Gasteiger partial charge in [0.2, 0.25) is 10.0 Å². The van der Waals surface area contributed by atoms with E-state index in [0.29, 0.717) is 6.42 Å². The maximum absolute atomic E-state index is 13.8. The monoisotopic (exact) mass is 1020 g/mol.